The summed E-state index contributed by atoms with van der Waals surface area (Å²) in [4.78, 5) is 14.9. The van der Waals surface area contributed by atoms with Crippen molar-refractivity contribution in [3.8, 4) is 5.75 Å². The van der Waals surface area contributed by atoms with Crippen LogP contribution in [0, 0.1) is 11.7 Å². The Bertz CT molecular complexity index is 979. The van der Waals surface area contributed by atoms with Crippen LogP contribution in [-0.4, -0.2) is 25.3 Å². The van der Waals surface area contributed by atoms with E-state index in [1.165, 1.54) is 18.6 Å². The van der Waals surface area contributed by atoms with E-state index in [4.69, 9.17) is 4.18 Å². The Morgan fingerprint density at radius 2 is 1.57 bits per heavy atom. The molecular formula is C23H26FNO4S. The summed E-state index contributed by atoms with van der Waals surface area (Å²) in [5.41, 5.74) is 0.942. The van der Waals surface area contributed by atoms with Crippen LogP contribution in [-0.2, 0) is 21.5 Å². The van der Waals surface area contributed by atoms with Gasteiger partial charge in [0, 0.05) is 18.5 Å². The van der Waals surface area contributed by atoms with Gasteiger partial charge < -0.3 is 9.08 Å². The Kier molecular flexibility index (Phi) is 6.09. The lowest BCUT2D eigenvalue weighted by Gasteiger charge is -2.29. The molecule has 0 heterocycles. The average Bonchev–Trinajstić information content (AvgIpc) is 3.59. The second-order valence-electron chi connectivity index (χ2n) is 8.17. The van der Waals surface area contributed by atoms with Crippen LogP contribution in [0.1, 0.15) is 50.5 Å². The van der Waals surface area contributed by atoms with E-state index in [1.54, 1.807) is 24.3 Å². The SMILES string of the molecule is O=C(C1CCCCC1)N(Cc1ccc(OS(=O)(=O)c2ccc(F)cc2)cc1)C1CC1. The highest BCUT2D eigenvalue weighted by Crippen LogP contribution is 2.33. The predicted molar refractivity (Wildman–Crippen MR) is 111 cm³/mol. The fraction of sp³-hybridized carbons (Fsp3) is 0.435. The van der Waals surface area contributed by atoms with Gasteiger partial charge in [-0.25, -0.2) is 4.39 Å². The first-order chi connectivity index (χ1) is 14.4. The van der Waals surface area contributed by atoms with Gasteiger partial charge in [0.25, 0.3) is 0 Å². The smallest absolute Gasteiger partial charge is 0.339 e. The van der Waals surface area contributed by atoms with Crippen molar-refractivity contribution in [3.63, 3.8) is 0 Å². The molecule has 0 aromatic heterocycles. The molecule has 0 saturated heterocycles. The maximum absolute atomic E-state index is 13.0. The summed E-state index contributed by atoms with van der Waals surface area (Å²) < 4.78 is 42.9. The van der Waals surface area contributed by atoms with Crippen LogP contribution in [0.2, 0.25) is 0 Å². The van der Waals surface area contributed by atoms with E-state index < -0.39 is 15.9 Å². The van der Waals surface area contributed by atoms with E-state index >= 15 is 0 Å². The number of hydrogen-bond donors (Lipinski definition) is 0. The Morgan fingerprint density at radius 1 is 0.933 bits per heavy atom. The Balaban J connectivity index is 1.42. The number of benzene rings is 2. The minimum atomic E-state index is -4.03. The predicted octanol–water partition coefficient (Wildman–Crippen LogP) is 4.66. The van der Waals surface area contributed by atoms with Crippen molar-refractivity contribution in [1.29, 1.82) is 0 Å². The summed E-state index contributed by atoms with van der Waals surface area (Å²) in [6.45, 7) is 0.533. The van der Waals surface area contributed by atoms with E-state index in [9.17, 15) is 17.6 Å². The van der Waals surface area contributed by atoms with Gasteiger partial charge in [0.15, 0.2) is 0 Å². The van der Waals surface area contributed by atoms with Gasteiger partial charge in [-0.3, -0.25) is 4.79 Å². The van der Waals surface area contributed by atoms with E-state index in [1.807, 2.05) is 4.90 Å². The van der Waals surface area contributed by atoms with Gasteiger partial charge in [-0.2, -0.15) is 8.42 Å². The van der Waals surface area contributed by atoms with Crippen LogP contribution in [0.15, 0.2) is 53.4 Å². The lowest BCUT2D eigenvalue weighted by molar-refractivity contribution is -0.137. The molecule has 2 aromatic rings. The molecule has 0 bridgehead atoms. The standard InChI is InChI=1S/C23H26FNO4S/c24-19-8-14-22(15-9-19)30(27,28)29-21-12-6-17(7-13-21)16-25(20-10-11-20)23(26)18-4-2-1-3-5-18/h6-9,12-15,18,20H,1-5,10-11,16H2. The summed E-state index contributed by atoms with van der Waals surface area (Å²) >= 11 is 0. The molecule has 2 aliphatic carbocycles. The highest BCUT2D eigenvalue weighted by Gasteiger charge is 2.36. The van der Waals surface area contributed by atoms with Crippen LogP contribution < -0.4 is 4.18 Å². The summed E-state index contributed by atoms with van der Waals surface area (Å²) in [6, 6.07) is 11.6. The van der Waals surface area contributed by atoms with Crippen LogP contribution in [0.25, 0.3) is 0 Å². The number of hydrogen-bond acceptors (Lipinski definition) is 4. The molecule has 2 aromatic carbocycles. The van der Waals surface area contributed by atoms with Gasteiger partial charge >= 0.3 is 10.1 Å². The Morgan fingerprint density at radius 3 is 2.17 bits per heavy atom. The number of carbonyl (C=O) groups is 1. The first kappa shape index (κ1) is 20.8. The van der Waals surface area contributed by atoms with Crippen molar-refractivity contribution < 1.29 is 21.8 Å². The van der Waals surface area contributed by atoms with Crippen LogP contribution in [0.4, 0.5) is 4.39 Å². The van der Waals surface area contributed by atoms with Crippen LogP contribution in [0.5, 0.6) is 5.75 Å². The maximum atomic E-state index is 13.0. The number of halogens is 1. The topological polar surface area (TPSA) is 63.7 Å². The lowest BCUT2D eigenvalue weighted by Crippen LogP contribution is -2.38. The molecule has 2 fully saturated rings. The largest absolute Gasteiger partial charge is 0.379 e. The molecule has 160 valence electrons. The van der Waals surface area contributed by atoms with Gasteiger partial charge in [0.1, 0.15) is 16.5 Å². The molecule has 4 rings (SSSR count). The van der Waals surface area contributed by atoms with Crippen LogP contribution >= 0.6 is 0 Å². The normalized spacial score (nSPS) is 17.5. The molecule has 0 unspecified atom stereocenters. The molecule has 2 aliphatic rings. The van der Waals surface area contributed by atoms with Crippen molar-refractivity contribution in [2.75, 3.05) is 0 Å². The van der Waals surface area contributed by atoms with E-state index in [0.29, 0.717) is 12.6 Å². The van der Waals surface area contributed by atoms with Crippen molar-refractivity contribution in [2.24, 2.45) is 5.92 Å². The third kappa shape index (κ3) is 5.01. The molecule has 2 saturated carbocycles. The fourth-order valence-electron chi connectivity index (χ4n) is 3.98. The van der Waals surface area contributed by atoms with Gasteiger partial charge in [0.05, 0.1) is 0 Å². The van der Waals surface area contributed by atoms with E-state index in [0.717, 1.165) is 56.2 Å². The minimum absolute atomic E-state index is 0.106. The zero-order chi connectivity index (χ0) is 21.1. The molecule has 1 amide bonds. The quantitative estimate of drug-likeness (QED) is 0.598. The molecule has 0 spiro atoms. The molecule has 0 atom stereocenters. The summed E-state index contributed by atoms with van der Waals surface area (Å²) in [6.07, 6.45) is 7.54. The van der Waals surface area contributed by atoms with Crippen molar-refractivity contribution in [1.82, 2.24) is 4.90 Å². The number of amides is 1. The van der Waals surface area contributed by atoms with E-state index in [-0.39, 0.29) is 22.5 Å². The summed E-state index contributed by atoms with van der Waals surface area (Å²) in [5, 5.41) is 0. The number of nitrogens with zero attached hydrogens (tertiary/aromatic N) is 1. The number of carbonyl (C=O) groups excluding carboxylic acids is 1. The maximum Gasteiger partial charge on any atom is 0.339 e. The molecule has 0 radical (unpaired) electrons. The lowest BCUT2D eigenvalue weighted by atomic mass is 9.88. The highest BCUT2D eigenvalue weighted by atomic mass is 32.2. The van der Waals surface area contributed by atoms with Crippen molar-refractivity contribution in [2.45, 2.75) is 62.4 Å². The monoisotopic (exact) mass is 431 g/mol. The fourth-order valence-corrected chi connectivity index (χ4v) is 4.91. The van der Waals surface area contributed by atoms with Crippen LogP contribution in [0.3, 0.4) is 0 Å². The Hall–Kier alpha value is -2.41. The molecular weight excluding hydrogens is 405 g/mol. The highest BCUT2D eigenvalue weighted by molar-refractivity contribution is 7.87. The summed E-state index contributed by atoms with van der Waals surface area (Å²) in [7, 11) is -4.03. The Labute approximate surface area is 177 Å². The molecule has 7 heteroatoms. The van der Waals surface area contributed by atoms with Gasteiger partial charge in [-0.1, -0.05) is 31.4 Å². The first-order valence-electron chi connectivity index (χ1n) is 10.5. The zero-order valence-corrected chi connectivity index (χ0v) is 17.6. The summed E-state index contributed by atoms with van der Waals surface area (Å²) in [5.74, 6) is 0.0696. The molecule has 0 aliphatic heterocycles. The second-order valence-corrected chi connectivity index (χ2v) is 9.71. The number of rotatable bonds is 7. The van der Waals surface area contributed by atoms with Crippen molar-refractivity contribution in [3.05, 3.63) is 59.9 Å². The molecule has 0 N–H and O–H groups in total. The van der Waals surface area contributed by atoms with Gasteiger partial charge in [0.2, 0.25) is 5.91 Å². The first-order valence-corrected chi connectivity index (χ1v) is 11.9. The average molecular weight is 432 g/mol. The van der Waals surface area contributed by atoms with Gasteiger partial charge in [-0.05, 0) is 67.6 Å². The molecule has 30 heavy (non-hydrogen) atoms. The molecule has 5 nitrogen and oxygen atoms in total. The van der Waals surface area contributed by atoms with Crippen molar-refractivity contribution >= 4 is 16.0 Å². The van der Waals surface area contributed by atoms with Gasteiger partial charge in [-0.15, -0.1) is 0 Å². The third-order valence-corrected chi connectivity index (χ3v) is 7.07. The van der Waals surface area contributed by atoms with E-state index in [2.05, 4.69) is 0 Å². The second kappa shape index (κ2) is 8.76. The minimum Gasteiger partial charge on any atom is -0.379 e. The third-order valence-electron chi connectivity index (χ3n) is 5.81. The zero-order valence-electron chi connectivity index (χ0n) is 16.8.